The predicted molar refractivity (Wildman–Crippen MR) is 102 cm³/mol. The zero-order chi connectivity index (χ0) is 19.8. The van der Waals surface area contributed by atoms with Crippen molar-refractivity contribution in [1.29, 1.82) is 5.26 Å². The van der Waals surface area contributed by atoms with Crippen molar-refractivity contribution in [2.24, 2.45) is 0 Å². The lowest BCUT2D eigenvalue weighted by Crippen LogP contribution is -2.46. The maximum atomic E-state index is 11.8. The summed E-state index contributed by atoms with van der Waals surface area (Å²) in [5.41, 5.74) is 2.71. The number of pyridine rings is 2. The Labute approximate surface area is 165 Å². The van der Waals surface area contributed by atoms with Crippen LogP contribution in [0.1, 0.15) is 30.0 Å². The number of aldehydes is 1. The minimum atomic E-state index is -0.00924. The molecule has 0 N–H and O–H groups in total. The summed E-state index contributed by atoms with van der Waals surface area (Å²) in [6.07, 6.45) is 2.17. The molecular weight excluding hydrogens is 382 g/mol. The topological polar surface area (TPSA) is 105 Å². The lowest BCUT2D eigenvalue weighted by atomic mass is 10.1. The zero-order valence-corrected chi connectivity index (χ0v) is 16.0. The van der Waals surface area contributed by atoms with Crippen LogP contribution in [0, 0.1) is 11.3 Å². The average molecular weight is 398 g/mol. The molecule has 0 bridgehead atoms. The molecule has 1 aliphatic heterocycles. The molecule has 0 saturated carbocycles. The highest BCUT2D eigenvalue weighted by atomic mass is 35.5. The van der Waals surface area contributed by atoms with Gasteiger partial charge in [-0.3, -0.25) is 4.79 Å². The molecule has 0 radical (unpaired) electrons. The van der Waals surface area contributed by atoms with Gasteiger partial charge in [0, 0.05) is 24.8 Å². The fraction of sp³-hybridized carbons (Fsp3) is 0.316. The highest BCUT2D eigenvalue weighted by Crippen LogP contribution is 2.39. The maximum Gasteiger partial charge on any atom is 0.206 e. The number of carbonyl (C=O) groups is 1. The first-order valence-electron chi connectivity index (χ1n) is 8.72. The Balaban J connectivity index is 1.85. The third-order valence-corrected chi connectivity index (χ3v) is 4.90. The van der Waals surface area contributed by atoms with Gasteiger partial charge >= 0.3 is 0 Å². The summed E-state index contributed by atoms with van der Waals surface area (Å²) >= 11 is 6.63. The number of ether oxygens (including phenoxy) is 1. The minimum absolute atomic E-state index is 0.00924. The molecule has 1 fully saturated rings. The summed E-state index contributed by atoms with van der Waals surface area (Å²) in [4.78, 5) is 22.3. The molecule has 3 aromatic heterocycles. The quantitative estimate of drug-likeness (QED) is 0.620. The van der Waals surface area contributed by atoms with Crippen molar-refractivity contribution in [2.45, 2.75) is 26.1 Å². The molecule has 4 heterocycles. The number of anilines is 1. The molecule has 0 amide bonds. The van der Waals surface area contributed by atoms with E-state index in [1.165, 1.54) is 6.20 Å². The van der Waals surface area contributed by atoms with Crippen molar-refractivity contribution in [1.82, 2.24) is 15.1 Å². The van der Waals surface area contributed by atoms with Crippen LogP contribution in [0.4, 0.5) is 5.69 Å². The van der Waals surface area contributed by atoms with Gasteiger partial charge in [-0.05, 0) is 26.0 Å². The van der Waals surface area contributed by atoms with Gasteiger partial charge in [0.15, 0.2) is 6.29 Å². The van der Waals surface area contributed by atoms with Crippen LogP contribution in [-0.2, 0) is 4.74 Å². The number of hydrogen-bond acceptors (Lipinski definition) is 8. The van der Waals surface area contributed by atoms with Crippen LogP contribution in [0.15, 0.2) is 22.9 Å². The van der Waals surface area contributed by atoms with Crippen LogP contribution in [0.2, 0.25) is 5.02 Å². The molecule has 142 valence electrons. The fourth-order valence-corrected chi connectivity index (χ4v) is 3.80. The van der Waals surface area contributed by atoms with Gasteiger partial charge in [-0.25, -0.2) is 9.97 Å². The Hall–Kier alpha value is -3.02. The normalized spacial score (nSPS) is 19.6. The smallest absolute Gasteiger partial charge is 0.206 e. The molecule has 28 heavy (non-hydrogen) atoms. The van der Waals surface area contributed by atoms with E-state index < -0.39 is 0 Å². The van der Waals surface area contributed by atoms with Crippen LogP contribution in [0.3, 0.4) is 0 Å². The lowest BCUT2D eigenvalue weighted by molar-refractivity contribution is -0.00526. The van der Waals surface area contributed by atoms with Crippen molar-refractivity contribution >= 4 is 34.7 Å². The van der Waals surface area contributed by atoms with Crippen molar-refractivity contribution < 1.29 is 14.1 Å². The van der Waals surface area contributed by atoms with Gasteiger partial charge in [-0.1, -0.05) is 16.8 Å². The molecule has 3 aromatic rings. The van der Waals surface area contributed by atoms with E-state index in [0.717, 1.165) is 0 Å². The number of nitriles is 1. The summed E-state index contributed by atoms with van der Waals surface area (Å²) in [6.45, 7) is 5.10. The van der Waals surface area contributed by atoms with E-state index in [-0.39, 0.29) is 28.6 Å². The van der Waals surface area contributed by atoms with Gasteiger partial charge in [0.1, 0.15) is 33.7 Å². The van der Waals surface area contributed by atoms with E-state index in [0.29, 0.717) is 47.4 Å². The van der Waals surface area contributed by atoms with E-state index in [4.69, 9.17) is 26.1 Å². The highest BCUT2D eigenvalue weighted by Gasteiger charge is 2.29. The van der Waals surface area contributed by atoms with E-state index >= 15 is 0 Å². The summed E-state index contributed by atoms with van der Waals surface area (Å²) < 4.78 is 11.2. The van der Waals surface area contributed by atoms with Crippen LogP contribution < -0.4 is 4.90 Å². The largest absolute Gasteiger partial charge is 0.372 e. The third kappa shape index (κ3) is 3.09. The first-order valence-corrected chi connectivity index (χ1v) is 9.10. The first-order chi connectivity index (χ1) is 13.5. The molecule has 0 spiro atoms. The number of fused-ring (bicyclic) bond motifs is 1. The summed E-state index contributed by atoms with van der Waals surface area (Å²) in [5.74, 6) is 0. The van der Waals surface area contributed by atoms with Gasteiger partial charge in [-0.15, -0.1) is 0 Å². The molecule has 1 aliphatic rings. The number of hydrogen-bond donors (Lipinski definition) is 0. The van der Waals surface area contributed by atoms with E-state index in [2.05, 4.69) is 15.1 Å². The lowest BCUT2D eigenvalue weighted by Gasteiger charge is -2.37. The zero-order valence-electron chi connectivity index (χ0n) is 15.2. The Morgan fingerprint density at radius 2 is 2.07 bits per heavy atom. The summed E-state index contributed by atoms with van der Waals surface area (Å²) in [5, 5.41) is 13.3. The van der Waals surface area contributed by atoms with Crippen molar-refractivity contribution in [3.8, 4) is 17.3 Å². The van der Waals surface area contributed by atoms with E-state index in [1.54, 1.807) is 12.1 Å². The Morgan fingerprint density at radius 1 is 1.32 bits per heavy atom. The second kappa shape index (κ2) is 7.19. The molecule has 0 aliphatic carbocycles. The molecule has 1 saturated heterocycles. The van der Waals surface area contributed by atoms with Crippen LogP contribution in [0.25, 0.3) is 22.4 Å². The van der Waals surface area contributed by atoms with Gasteiger partial charge in [0.05, 0.1) is 17.9 Å². The molecule has 9 heteroatoms. The maximum absolute atomic E-state index is 11.8. The Bertz CT molecular complexity index is 1080. The van der Waals surface area contributed by atoms with Crippen LogP contribution >= 0.6 is 11.6 Å². The first kappa shape index (κ1) is 18.3. The Morgan fingerprint density at radius 3 is 2.68 bits per heavy atom. The van der Waals surface area contributed by atoms with Crippen LogP contribution in [-0.4, -0.2) is 46.7 Å². The second-order valence-electron chi connectivity index (χ2n) is 6.69. The van der Waals surface area contributed by atoms with E-state index in [1.807, 2.05) is 24.8 Å². The van der Waals surface area contributed by atoms with Crippen molar-refractivity contribution in [3.63, 3.8) is 0 Å². The molecule has 2 atom stereocenters. The molecule has 0 unspecified atom stereocenters. The van der Waals surface area contributed by atoms with Gasteiger partial charge < -0.3 is 14.2 Å². The highest BCUT2D eigenvalue weighted by molar-refractivity contribution is 6.38. The molecular formula is C19H16ClN5O3. The SMILES string of the molecule is C[C@@H]1CN(c2c(C=O)nc3c(-c4ccc(C#N)nc4)noc3c2Cl)C[C@H](C)O1. The van der Waals surface area contributed by atoms with Gasteiger partial charge in [0.25, 0.3) is 0 Å². The predicted octanol–water partition coefficient (Wildman–Crippen LogP) is 3.24. The third-order valence-electron chi connectivity index (χ3n) is 4.55. The monoisotopic (exact) mass is 397 g/mol. The van der Waals surface area contributed by atoms with Crippen molar-refractivity contribution in [3.05, 3.63) is 34.7 Å². The fourth-order valence-electron chi connectivity index (χ4n) is 3.46. The second-order valence-corrected chi connectivity index (χ2v) is 7.07. The van der Waals surface area contributed by atoms with Gasteiger partial charge in [-0.2, -0.15) is 5.26 Å². The van der Waals surface area contributed by atoms with Crippen LogP contribution in [0.5, 0.6) is 0 Å². The average Bonchev–Trinajstić information content (AvgIpc) is 3.11. The summed E-state index contributed by atoms with van der Waals surface area (Å²) in [7, 11) is 0. The van der Waals surface area contributed by atoms with Crippen molar-refractivity contribution in [2.75, 3.05) is 18.0 Å². The Kier molecular flexibility index (Phi) is 4.71. The number of aromatic nitrogens is 3. The number of carbonyl (C=O) groups excluding carboxylic acids is 1. The standard InChI is InChI=1S/C19H16ClN5O3/c1-10-7-25(8-11(2)27-10)18-14(9-26)23-17-16(24-28-19(17)15(18)20)12-3-4-13(5-21)22-6-12/h3-4,6,9-11H,7-8H2,1-2H3/t10-,11+. The summed E-state index contributed by atoms with van der Waals surface area (Å²) in [6, 6.07) is 5.23. The number of halogens is 1. The van der Waals surface area contributed by atoms with E-state index in [9.17, 15) is 4.79 Å². The number of nitrogens with zero attached hydrogens (tertiary/aromatic N) is 5. The van der Waals surface area contributed by atoms with Gasteiger partial charge in [0.2, 0.25) is 5.58 Å². The number of morpholine rings is 1. The minimum Gasteiger partial charge on any atom is -0.372 e. The number of rotatable bonds is 3. The molecule has 4 rings (SSSR count). The molecule has 0 aromatic carbocycles. The molecule has 8 nitrogen and oxygen atoms in total.